The van der Waals surface area contributed by atoms with Crippen molar-refractivity contribution >= 4 is 30.3 Å². The number of aryl methyl sites for hydroxylation is 1. The maximum absolute atomic E-state index is 13.7. The molecular weight excluding hydrogens is 398 g/mol. The van der Waals surface area contributed by atoms with Gasteiger partial charge in [0.15, 0.2) is 0 Å². The van der Waals surface area contributed by atoms with Crippen LogP contribution in [0.5, 0.6) is 0 Å². The molecule has 4 bridgehead atoms. The number of nitrogens with zero attached hydrogens (tertiary/aromatic N) is 1. The van der Waals surface area contributed by atoms with Crippen LogP contribution in [0.15, 0.2) is 48.5 Å². The average Bonchev–Trinajstić information content (AvgIpc) is 2.68. The van der Waals surface area contributed by atoms with E-state index >= 15 is 0 Å². The molecular formula is C25H28ClNOS. The highest BCUT2D eigenvalue weighted by molar-refractivity contribution is 7.78. The predicted octanol–water partition coefficient (Wildman–Crippen LogP) is 6.36. The van der Waals surface area contributed by atoms with Crippen LogP contribution < -0.4 is 0 Å². The minimum Gasteiger partial charge on any atom is -0.284 e. The van der Waals surface area contributed by atoms with E-state index in [1.807, 2.05) is 12.1 Å². The molecule has 2 aromatic rings. The third-order valence-electron chi connectivity index (χ3n) is 7.66. The van der Waals surface area contributed by atoms with Crippen molar-refractivity contribution in [2.24, 2.45) is 17.3 Å². The van der Waals surface area contributed by atoms with Gasteiger partial charge in [-0.1, -0.05) is 66.4 Å². The molecule has 0 N–H and O–H groups in total. The lowest BCUT2D eigenvalue weighted by Gasteiger charge is -2.62. The van der Waals surface area contributed by atoms with Crippen molar-refractivity contribution in [1.82, 2.24) is 4.31 Å². The summed E-state index contributed by atoms with van der Waals surface area (Å²) < 4.78 is 1.69. The quantitative estimate of drug-likeness (QED) is 0.565. The highest BCUT2D eigenvalue weighted by Gasteiger charge is 2.61. The van der Waals surface area contributed by atoms with E-state index in [-0.39, 0.29) is 16.7 Å². The van der Waals surface area contributed by atoms with Crippen LogP contribution in [-0.4, -0.2) is 10.2 Å². The Bertz CT molecular complexity index is 909. The normalized spacial score (nSPS) is 32.4. The van der Waals surface area contributed by atoms with Gasteiger partial charge in [-0.05, 0) is 86.0 Å². The second-order valence-electron chi connectivity index (χ2n) is 9.88. The number of carbonyl (C=O) groups excluding carboxylic acids is 1. The zero-order valence-electron chi connectivity index (χ0n) is 16.9. The molecule has 2 atom stereocenters. The molecule has 0 heterocycles. The number of benzene rings is 2. The summed E-state index contributed by atoms with van der Waals surface area (Å²) in [5, 5.41) is 0.781. The summed E-state index contributed by atoms with van der Waals surface area (Å²) in [5.74, 6) is 1.53. The lowest BCUT2D eigenvalue weighted by Crippen LogP contribution is -2.58. The van der Waals surface area contributed by atoms with Gasteiger partial charge in [0.2, 0.25) is 5.91 Å². The zero-order chi connectivity index (χ0) is 20.2. The van der Waals surface area contributed by atoms with E-state index in [4.69, 9.17) is 11.6 Å². The van der Waals surface area contributed by atoms with Crippen molar-refractivity contribution in [2.45, 2.75) is 57.4 Å². The van der Waals surface area contributed by atoms with Crippen molar-refractivity contribution in [2.75, 3.05) is 0 Å². The number of hydrogen-bond acceptors (Lipinski definition) is 2. The van der Waals surface area contributed by atoms with Crippen LogP contribution in [-0.2, 0) is 16.8 Å². The monoisotopic (exact) mass is 425 g/mol. The lowest BCUT2D eigenvalue weighted by molar-refractivity contribution is -0.155. The first-order valence-corrected chi connectivity index (χ1v) is 11.5. The summed E-state index contributed by atoms with van der Waals surface area (Å²) in [6.45, 7) is 2.65. The molecule has 4 aliphatic rings. The Kier molecular flexibility index (Phi) is 4.75. The van der Waals surface area contributed by atoms with Crippen LogP contribution in [0.2, 0.25) is 5.02 Å². The van der Waals surface area contributed by atoms with Crippen molar-refractivity contribution < 1.29 is 4.79 Å². The fourth-order valence-corrected chi connectivity index (χ4v) is 7.37. The zero-order valence-corrected chi connectivity index (χ0v) is 18.6. The minimum absolute atomic E-state index is 0.128. The maximum atomic E-state index is 13.7. The highest BCUT2D eigenvalue weighted by atomic mass is 35.5. The fraction of sp³-hybridized carbons (Fsp3) is 0.480. The van der Waals surface area contributed by atoms with Gasteiger partial charge < -0.3 is 0 Å². The Morgan fingerprint density at radius 2 is 1.66 bits per heavy atom. The molecule has 1 amide bonds. The van der Waals surface area contributed by atoms with Gasteiger partial charge in [-0.15, -0.1) is 0 Å². The topological polar surface area (TPSA) is 20.3 Å². The maximum Gasteiger partial charge on any atom is 0.238 e. The van der Waals surface area contributed by atoms with Crippen LogP contribution >= 0.6 is 24.4 Å². The Labute approximate surface area is 184 Å². The van der Waals surface area contributed by atoms with Crippen molar-refractivity contribution in [1.29, 1.82) is 0 Å². The van der Waals surface area contributed by atoms with E-state index in [0.717, 1.165) is 29.8 Å². The van der Waals surface area contributed by atoms with Gasteiger partial charge in [-0.3, -0.25) is 9.10 Å². The predicted molar refractivity (Wildman–Crippen MR) is 121 cm³/mol. The minimum atomic E-state index is -0.254. The molecule has 2 nitrogen and oxygen atoms in total. The van der Waals surface area contributed by atoms with Crippen LogP contribution in [0.4, 0.5) is 0 Å². The number of thiol groups is 1. The fourth-order valence-electron chi connectivity index (χ4n) is 6.87. The Hall–Kier alpha value is -1.45. The second-order valence-corrected chi connectivity index (χ2v) is 10.8. The summed E-state index contributed by atoms with van der Waals surface area (Å²) >= 11 is 10.8. The molecule has 0 saturated heterocycles. The average molecular weight is 426 g/mol. The van der Waals surface area contributed by atoms with E-state index in [1.54, 1.807) is 4.31 Å². The van der Waals surface area contributed by atoms with Gasteiger partial charge >= 0.3 is 0 Å². The molecule has 2 unspecified atom stereocenters. The summed E-state index contributed by atoms with van der Waals surface area (Å²) in [4.78, 5) is 13.7. The molecule has 29 heavy (non-hydrogen) atoms. The van der Waals surface area contributed by atoms with Gasteiger partial charge in [0, 0.05) is 5.02 Å². The van der Waals surface area contributed by atoms with E-state index in [9.17, 15) is 4.79 Å². The number of halogens is 1. The molecule has 0 aliphatic heterocycles. The third kappa shape index (κ3) is 3.41. The Balaban J connectivity index is 1.42. The Morgan fingerprint density at radius 1 is 1.03 bits per heavy atom. The summed E-state index contributed by atoms with van der Waals surface area (Å²) in [5.41, 5.74) is 3.62. The molecule has 4 aliphatic carbocycles. The van der Waals surface area contributed by atoms with Gasteiger partial charge in [0.25, 0.3) is 0 Å². The smallest absolute Gasteiger partial charge is 0.238 e. The van der Waals surface area contributed by atoms with Gasteiger partial charge in [-0.25, -0.2) is 0 Å². The van der Waals surface area contributed by atoms with Crippen LogP contribution in [0.3, 0.4) is 0 Å². The molecule has 152 valence electrons. The van der Waals surface area contributed by atoms with Gasteiger partial charge in [-0.2, -0.15) is 0 Å². The molecule has 4 saturated carbocycles. The first-order valence-electron chi connectivity index (χ1n) is 10.7. The molecule has 0 aromatic heterocycles. The standard InChI is InChI=1S/C25H28ClNOS/c1-17-2-4-18(5-3-17)15-27(29)23(28)25-13-19-10-20(14-25)12-24(11-19,16-25)21-6-8-22(26)9-7-21/h2-9,19-20,29H,10-16H2,1H3. The molecule has 6 rings (SSSR count). The second kappa shape index (κ2) is 7.06. The molecule has 4 fully saturated rings. The lowest BCUT2D eigenvalue weighted by atomic mass is 9.42. The van der Waals surface area contributed by atoms with Crippen molar-refractivity contribution in [3.63, 3.8) is 0 Å². The first-order chi connectivity index (χ1) is 13.9. The summed E-state index contributed by atoms with van der Waals surface area (Å²) in [6.07, 6.45) is 6.73. The van der Waals surface area contributed by atoms with Crippen molar-refractivity contribution in [3.8, 4) is 0 Å². The highest BCUT2D eigenvalue weighted by Crippen LogP contribution is 2.66. The van der Waals surface area contributed by atoms with Crippen LogP contribution in [0, 0.1) is 24.2 Å². The van der Waals surface area contributed by atoms with Gasteiger partial charge in [0.1, 0.15) is 0 Å². The van der Waals surface area contributed by atoms with Crippen molar-refractivity contribution in [3.05, 3.63) is 70.2 Å². The first kappa shape index (κ1) is 19.5. The van der Waals surface area contributed by atoms with E-state index in [1.165, 1.54) is 30.4 Å². The number of amides is 1. The number of hydrogen-bond donors (Lipinski definition) is 1. The SMILES string of the molecule is Cc1ccc(CN(S)C(=O)C23CC4CC(C2)CC(c2ccc(Cl)cc2)(C4)C3)cc1. The number of rotatable bonds is 4. The van der Waals surface area contributed by atoms with Gasteiger partial charge in [0.05, 0.1) is 12.0 Å². The van der Waals surface area contributed by atoms with E-state index in [2.05, 4.69) is 56.1 Å². The molecule has 2 aromatic carbocycles. The van der Waals surface area contributed by atoms with E-state index in [0.29, 0.717) is 18.4 Å². The third-order valence-corrected chi connectivity index (χ3v) is 8.23. The van der Waals surface area contributed by atoms with Crippen LogP contribution in [0.25, 0.3) is 0 Å². The van der Waals surface area contributed by atoms with Crippen LogP contribution in [0.1, 0.15) is 55.2 Å². The van der Waals surface area contributed by atoms with E-state index < -0.39 is 0 Å². The molecule has 0 spiro atoms. The number of carbonyl (C=O) groups is 1. The summed E-state index contributed by atoms with van der Waals surface area (Å²) in [6, 6.07) is 16.8. The molecule has 4 heteroatoms. The Morgan fingerprint density at radius 3 is 2.28 bits per heavy atom. The summed E-state index contributed by atoms with van der Waals surface area (Å²) in [7, 11) is 0. The molecule has 0 radical (unpaired) electrons. The largest absolute Gasteiger partial charge is 0.284 e.